The van der Waals surface area contributed by atoms with E-state index in [2.05, 4.69) is 37.2 Å². The van der Waals surface area contributed by atoms with Crippen LogP contribution in [0.5, 0.6) is 0 Å². The maximum atomic E-state index is 5.54. The van der Waals surface area contributed by atoms with Crippen molar-refractivity contribution in [3.8, 4) is 0 Å². The first-order valence-electron chi connectivity index (χ1n) is 7.47. The molecule has 0 aliphatic carbocycles. The summed E-state index contributed by atoms with van der Waals surface area (Å²) >= 11 is 3.56. The smallest absolute Gasteiger partial charge is 0.0469 e. The summed E-state index contributed by atoms with van der Waals surface area (Å²) < 4.78 is 6.61. The van der Waals surface area contributed by atoms with E-state index in [4.69, 9.17) is 4.74 Å². The summed E-state index contributed by atoms with van der Waals surface area (Å²) in [6.45, 7) is 6.20. The number of rotatable bonds is 3. The van der Waals surface area contributed by atoms with Crippen LogP contribution in [0, 0.1) is 5.92 Å². The van der Waals surface area contributed by atoms with E-state index in [-0.39, 0.29) is 0 Å². The van der Waals surface area contributed by atoms with Gasteiger partial charge >= 0.3 is 0 Å². The molecule has 2 fully saturated rings. The number of pyridine rings is 1. The molecular weight excluding hydrogens is 318 g/mol. The molecule has 0 unspecified atom stereocenters. The summed E-state index contributed by atoms with van der Waals surface area (Å²) in [6.07, 6.45) is 6.21. The number of aromatic nitrogens is 1. The lowest BCUT2D eigenvalue weighted by molar-refractivity contribution is 0.0212. The van der Waals surface area contributed by atoms with Gasteiger partial charge in [0, 0.05) is 62.3 Å². The fourth-order valence-electron chi connectivity index (χ4n) is 3.36. The van der Waals surface area contributed by atoms with Gasteiger partial charge in [-0.05, 0) is 46.3 Å². The molecule has 1 N–H and O–H groups in total. The Bertz CT molecular complexity index is 413. The minimum atomic E-state index is 0.478. The highest BCUT2D eigenvalue weighted by Crippen LogP contribution is 2.35. The molecule has 2 aliphatic heterocycles. The lowest BCUT2D eigenvalue weighted by Gasteiger charge is -2.41. The molecule has 0 spiro atoms. The van der Waals surface area contributed by atoms with Gasteiger partial charge in [0.05, 0.1) is 0 Å². The van der Waals surface area contributed by atoms with Gasteiger partial charge in [-0.1, -0.05) is 0 Å². The van der Waals surface area contributed by atoms with E-state index in [0.717, 1.165) is 56.7 Å². The lowest BCUT2D eigenvalue weighted by atomic mass is 9.86. The third-order valence-corrected chi connectivity index (χ3v) is 4.76. The van der Waals surface area contributed by atoms with Crippen molar-refractivity contribution in [1.82, 2.24) is 15.2 Å². The zero-order valence-electron chi connectivity index (χ0n) is 11.7. The summed E-state index contributed by atoms with van der Waals surface area (Å²) in [5, 5.41) is 3.44. The Labute approximate surface area is 129 Å². The summed E-state index contributed by atoms with van der Waals surface area (Å²) in [5.74, 6) is 0.679. The van der Waals surface area contributed by atoms with Crippen molar-refractivity contribution in [2.75, 3.05) is 39.4 Å². The van der Waals surface area contributed by atoms with Crippen LogP contribution >= 0.6 is 15.9 Å². The third kappa shape index (κ3) is 3.39. The Kier molecular flexibility index (Phi) is 5.04. The van der Waals surface area contributed by atoms with Crippen LogP contribution in [-0.4, -0.2) is 49.3 Å². The maximum Gasteiger partial charge on any atom is 0.0469 e. The van der Waals surface area contributed by atoms with Crippen molar-refractivity contribution in [3.05, 3.63) is 28.5 Å². The number of hydrogen-bond acceptors (Lipinski definition) is 4. The molecule has 0 saturated carbocycles. The number of nitrogens with one attached hydrogen (secondary N) is 1. The summed E-state index contributed by atoms with van der Waals surface area (Å²) in [5.41, 5.74) is 1.34. The largest absolute Gasteiger partial charge is 0.381 e. The predicted molar refractivity (Wildman–Crippen MR) is 82.7 cm³/mol. The minimum Gasteiger partial charge on any atom is -0.381 e. The van der Waals surface area contributed by atoms with Crippen LogP contribution in [0.15, 0.2) is 22.9 Å². The van der Waals surface area contributed by atoms with Crippen LogP contribution in [0.25, 0.3) is 0 Å². The van der Waals surface area contributed by atoms with E-state index < -0.39 is 0 Å². The molecule has 1 aromatic heterocycles. The quantitative estimate of drug-likeness (QED) is 0.916. The van der Waals surface area contributed by atoms with E-state index >= 15 is 0 Å². The highest BCUT2D eigenvalue weighted by atomic mass is 79.9. The Morgan fingerprint density at radius 2 is 2.00 bits per heavy atom. The standard InChI is InChI=1S/C15H22BrN3O/c16-14-9-13(10-18-11-14)15(12-1-7-20-8-2-12)19-5-3-17-4-6-19/h9-12,15,17H,1-8H2/t15-/m1/s1. The van der Waals surface area contributed by atoms with Crippen molar-refractivity contribution < 1.29 is 4.74 Å². The predicted octanol–water partition coefficient (Wildman–Crippen LogP) is 2.22. The van der Waals surface area contributed by atoms with E-state index in [1.165, 1.54) is 5.56 Å². The fraction of sp³-hybridized carbons (Fsp3) is 0.667. The molecule has 0 bridgehead atoms. The first kappa shape index (κ1) is 14.4. The zero-order valence-corrected chi connectivity index (χ0v) is 13.3. The van der Waals surface area contributed by atoms with Crippen molar-refractivity contribution in [1.29, 1.82) is 0 Å². The molecule has 0 aromatic carbocycles. The first-order chi connectivity index (χ1) is 9.84. The Morgan fingerprint density at radius 1 is 1.25 bits per heavy atom. The molecule has 0 amide bonds. The molecule has 3 heterocycles. The second-order valence-corrected chi connectivity index (χ2v) is 6.53. The van der Waals surface area contributed by atoms with Crippen LogP contribution in [0.4, 0.5) is 0 Å². The first-order valence-corrected chi connectivity index (χ1v) is 8.27. The second-order valence-electron chi connectivity index (χ2n) is 5.62. The lowest BCUT2D eigenvalue weighted by Crippen LogP contribution is -2.47. The molecule has 1 aromatic rings. The molecule has 0 radical (unpaired) electrons. The third-order valence-electron chi connectivity index (χ3n) is 4.33. The highest BCUT2D eigenvalue weighted by Gasteiger charge is 2.31. The maximum absolute atomic E-state index is 5.54. The number of halogens is 1. The number of ether oxygens (including phenoxy) is 1. The van der Waals surface area contributed by atoms with Gasteiger partial charge in [-0.3, -0.25) is 9.88 Å². The van der Waals surface area contributed by atoms with Crippen molar-refractivity contribution in [2.45, 2.75) is 18.9 Å². The van der Waals surface area contributed by atoms with Gasteiger partial charge in [0.15, 0.2) is 0 Å². The summed E-state index contributed by atoms with van der Waals surface area (Å²) in [4.78, 5) is 7.00. The Morgan fingerprint density at radius 3 is 2.70 bits per heavy atom. The molecule has 20 heavy (non-hydrogen) atoms. The number of hydrogen-bond donors (Lipinski definition) is 1. The van der Waals surface area contributed by atoms with Crippen LogP contribution in [0.3, 0.4) is 0 Å². The molecule has 2 aliphatic rings. The van der Waals surface area contributed by atoms with E-state index in [1.54, 1.807) is 0 Å². The molecule has 5 heteroatoms. The van der Waals surface area contributed by atoms with Gasteiger partial charge in [0.1, 0.15) is 0 Å². The van der Waals surface area contributed by atoms with Gasteiger partial charge < -0.3 is 10.1 Å². The molecular formula is C15H22BrN3O. The average molecular weight is 340 g/mol. The molecule has 110 valence electrons. The number of nitrogens with zero attached hydrogens (tertiary/aromatic N) is 2. The number of piperazine rings is 1. The van der Waals surface area contributed by atoms with Crippen LogP contribution < -0.4 is 5.32 Å². The van der Waals surface area contributed by atoms with E-state index in [9.17, 15) is 0 Å². The highest BCUT2D eigenvalue weighted by molar-refractivity contribution is 9.10. The van der Waals surface area contributed by atoms with Crippen molar-refractivity contribution in [2.24, 2.45) is 5.92 Å². The van der Waals surface area contributed by atoms with Gasteiger partial charge in [-0.2, -0.15) is 0 Å². The van der Waals surface area contributed by atoms with Gasteiger partial charge in [-0.15, -0.1) is 0 Å². The van der Waals surface area contributed by atoms with Crippen LogP contribution in [-0.2, 0) is 4.74 Å². The molecule has 1 atom stereocenters. The molecule has 3 rings (SSSR count). The van der Waals surface area contributed by atoms with E-state index in [1.807, 2.05) is 12.4 Å². The Balaban J connectivity index is 1.85. The Hall–Kier alpha value is -0.490. The van der Waals surface area contributed by atoms with Crippen molar-refractivity contribution in [3.63, 3.8) is 0 Å². The fourth-order valence-corrected chi connectivity index (χ4v) is 3.75. The average Bonchev–Trinajstić information content (AvgIpc) is 2.50. The summed E-state index contributed by atoms with van der Waals surface area (Å²) in [6, 6.07) is 2.71. The second kappa shape index (κ2) is 6.98. The SMILES string of the molecule is Brc1cncc([C@@H](C2CCOCC2)N2CCNCC2)c1. The van der Waals surface area contributed by atoms with E-state index in [0.29, 0.717) is 12.0 Å². The molecule has 2 saturated heterocycles. The molecule has 4 nitrogen and oxygen atoms in total. The van der Waals surface area contributed by atoms with Crippen LogP contribution in [0.2, 0.25) is 0 Å². The minimum absolute atomic E-state index is 0.478. The van der Waals surface area contributed by atoms with Gasteiger partial charge in [0.2, 0.25) is 0 Å². The zero-order chi connectivity index (χ0) is 13.8. The summed E-state index contributed by atoms with van der Waals surface area (Å²) in [7, 11) is 0. The monoisotopic (exact) mass is 339 g/mol. The topological polar surface area (TPSA) is 37.4 Å². The van der Waals surface area contributed by atoms with Crippen molar-refractivity contribution >= 4 is 15.9 Å². The van der Waals surface area contributed by atoms with Gasteiger partial charge in [0.25, 0.3) is 0 Å². The van der Waals surface area contributed by atoms with Gasteiger partial charge in [-0.25, -0.2) is 0 Å². The van der Waals surface area contributed by atoms with Crippen LogP contribution in [0.1, 0.15) is 24.4 Å². The normalized spacial score (nSPS) is 23.6.